The Hall–Kier alpha value is -1.71. The van der Waals surface area contributed by atoms with Gasteiger partial charge < -0.3 is 4.90 Å². The van der Waals surface area contributed by atoms with Crippen LogP contribution in [-0.2, 0) is 4.79 Å². The number of hydrogen-bond acceptors (Lipinski definition) is 2. The summed E-state index contributed by atoms with van der Waals surface area (Å²) < 4.78 is 13.2. The number of amides is 1. The van der Waals surface area contributed by atoms with E-state index in [9.17, 15) is 14.0 Å². The maximum absolute atomic E-state index is 13.2. The third kappa shape index (κ3) is 3.00. The van der Waals surface area contributed by atoms with E-state index in [1.54, 1.807) is 24.8 Å². The van der Waals surface area contributed by atoms with E-state index in [-0.39, 0.29) is 23.5 Å². The number of carbonyl (C=O) groups excluding carboxylic acids is 2. The van der Waals surface area contributed by atoms with Crippen molar-refractivity contribution in [2.45, 2.75) is 39.2 Å². The van der Waals surface area contributed by atoms with Crippen LogP contribution in [0.15, 0.2) is 18.2 Å². The third-order valence-electron chi connectivity index (χ3n) is 3.57. The molecular formula is C15H18FNO2. The van der Waals surface area contributed by atoms with Gasteiger partial charge in [0, 0.05) is 24.6 Å². The number of likely N-dealkylation sites (tertiary alicyclic amines) is 1. The van der Waals surface area contributed by atoms with Gasteiger partial charge in [0.25, 0.3) is 5.91 Å². The molecule has 2 rings (SSSR count). The van der Waals surface area contributed by atoms with Gasteiger partial charge in [-0.2, -0.15) is 0 Å². The smallest absolute Gasteiger partial charge is 0.254 e. The van der Waals surface area contributed by atoms with Gasteiger partial charge in [-0.25, -0.2) is 4.39 Å². The van der Waals surface area contributed by atoms with Gasteiger partial charge >= 0.3 is 0 Å². The minimum Gasteiger partial charge on any atom is -0.335 e. The first-order valence-corrected chi connectivity index (χ1v) is 6.55. The molecule has 0 saturated carbocycles. The number of hydrogen-bond donors (Lipinski definition) is 0. The van der Waals surface area contributed by atoms with Crippen molar-refractivity contribution in [3.05, 3.63) is 35.1 Å². The zero-order valence-electron chi connectivity index (χ0n) is 11.3. The summed E-state index contributed by atoms with van der Waals surface area (Å²) in [5.41, 5.74) is 0.961. The van der Waals surface area contributed by atoms with Crippen molar-refractivity contribution >= 4 is 11.7 Å². The quantitative estimate of drug-likeness (QED) is 0.841. The first kappa shape index (κ1) is 13.7. The molecule has 0 aliphatic carbocycles. The molecule has 3 nitrogen and oxygen atoms in total. The molecule has 4 heteroatoms. The van der Waals surface area contributed by atoms with Crippen molar-refractivity contribution in [3.63, 3.8) is 0 Å². The highest BCUT2D eigenvalue weighted by Crippen LogP contribution is 2.23. The molecule has 1 atom stereocenters. The highest BCUT2D eigenvalue weighted by atomic mass is 19.1. The third-order valence-corrected chi connectivity index (χ3v) is 3.57. The van der Waals surface area contributed by atoms with Gasteiger partial charge in [0.15, 0.2) is 0 Å². The summed E-state index contributed by atoms with van der Waals surface area (Å²) in [6.07, 6.45) is 2.20. The summed E-state index contributed by atoms with van der Waals surface area (Å²) >= 11 is 0. The van der Waals surface area contributed by atoms with Gasteiger partial charge in [-0.3, -0.25) is 9.59 Å². The van der Waals surface area contributed by atoms with Crippen molar-refractivity contribution < 1.29 is 14.0 Å². The molecule has 1 aromatic rings. The number of nitrogens with zero attached hydrogens (tertiary/aromatic N) is 1. The maximum Gasteiger partial charge on any atom is 0.254 e. The van der Waals surface area contributed by atoms with Crippen molar-refractivity contribution in [2.75, 3.05) is 6.54 Å². The molecule has 1 saturated heterocycles. The fourth-order valence-corrected chi connectivity index (χ4v) is 2.59. The van der Waals surface area contributed by atoms with E-state index >= 15 is 0 Å². The van der Waals surface area contributed by atoms with E-state index in [0.717, 1.165) is 12.8 Å². The predicted molar refractivity (Wildman–Crippen MR) is 70.5 cm³/mol. The fraction of sp³-hybridized carbons (Fsp3) is 0.467. The number of aryl methyl sites for hydroxylation is 1. The molecule has 1 fully saturated rings. The Morgan fingerprint density at radius 1 is 1.42 bits per heavy atom. The number of halogens is 1. The molecule has 1 heterocycles. The predicted octanol–water partition coefficient (Wildman–Crippen LogP) is 2.72. The number of Topliss-reactive ketones (excluding diaryl/α,β-unsaturated/α-hetero) is 1. The molecule has 1 aliphatic rings. The van der Waals surface area contributed by atoms with E-state index < -0.39 is 0 Å². The summed E-state index contributed by atoms with van der Waals surface area (Å²) in [5, 5.41) is 0. The molecule has 0 bridgehead atoms. The molecule has 0 aromatic heterocycles. The molecule has 0 spiro atoms. The van der Waals surface area contributed by atoms with Crippen LogP contribution in [0.3, 0.4) is 0 Å². The Bertz CT molecular complexity index is 513. The summed E-state index contributed by atoms with van der Waals surface area (Å²) in [7, 11) is 0. The zero-order valence-corrected chi connectivity index (χ0v) is 11.3. The summed E-state index contributed by atoms with van der Waals surface area (Å²) in [6, 6.07) is 4.39. The molecule has 19 heavy (non-hydrogen) atoms. The number of benzene rings is 1. The Morgan fingerprint density at radius 3 is 2.79 bits per heavy atom. The number of carbonyl (C=O) groups is 2. The SMILES string of the molecule is CC(=O)CC1CCCN1C(=O)c1ccc(F)c(C)c1. The largest absolute Gasteiger partial charge is 0.335 e. The van der Waals surface area contributed by atoms with Crippen molar-refractivity contribution in [1.29, 1.82) is 0 Å². The van der Waals surface area contributed by atoms with E-state index in [4.69, 9.17) is 0 Å². The minimum absolute atomic E-state index is 0.00430. The van der Waals surface area contributed by atoms with Gasteiger partial charge in [0.05, 0.1) is 0 Å². The van der Waals surface area contributed by atoms with Crippen LogP contribution < -0.4 is 0 Å². The van der Waals surface area contributed by atoms with Crippen LogP contribution in [0.1, 0.15) is 42.1 Å². The molecule has 1 aliphatic heterocycles. The molecule has 0 radical (unpaired) electrons. The van der Waals surface area contributed by atoms with Gasteiger partial charge in [-0.1, -0.05) is 0 Å². The van der Waals surface area contributed by atoms with Crippen molar-refractivity contribution in [3.8, 4) is 0 Å². The molecular weight excluding hydrogens is 245 g/mol. The Kier molecular flexibility index (Phi) is 3.98. The lowest BCUT2D eigenvalue weighted by molar-refractivity contribution is -0.117. The van der Waals surface area contributed by atoms with Gasteiger partial charge in [0.1, 0.15) is 11.6 Å². The van der Waals surface area contributed by atoms with Crippen LogP contribution in [0.5, 0.6) is 0 Å². The van der Waals surface area contributed by atoms with Crippen LogP contribution in [0.25, 0.3) is 0 Å². The van der Waals surface area contributed by atoms with Gasteiger partial charge in [-0.15, -0.1) is 0 Å². The molecule has 1 unspecified atom stereocenters. The first-order chi connectivity index (χ1) is 8.99. The Morgan fingerprint density at radius 2 is 2.16 bits per heavy atom. The van der Waals surface area contributed by atoms with E-state index in [0.29, 0.717) is 24.1 Å². The Labute approximate surface area is 112 Å². The van der Waals surface area contributed by atoms with Crippen LogP contribution in [0.4, 0.5) is 4.39 Å². The normalized spacial score (nSPS) is 18.7. The van der Waals surface area contributed by atoms with Crippen LogP contribution >= 0.6 is 0 Å². The highest BCUT2D eigenvalue weighted by molar-refractivity contribution is 5.95. The van der Waals surface area contributed by atoms with Crippen molar-refractivity contribution in [2.24, 2.45) is 0 Å². The second-order valence-corrected chi connectivity index (χ2v) is 5.16. The zero-order chi connectivity index (χ0) is 14.0. The molecule has 1 amide bonds. The van der Waals surface area contributed by atoms with E-state index in [1.807, 2.05) is 0 Å². The minimum atomic E-state index is -0.307. The van der Waals surface area contributed by atoms with Gasteiger partial charge in [0.2, 0.25) is 0 Å². The van der Waals surface area contributed by atoms with E-state index in [2.05, 4.69) is 0 Å². The average Bonchev–Trinajstić information content (AvgIpc) is 2.79. The topological polar surface area (TPSA) is 37.4 Å². The lowest BCUT2D eigenvalue weighted by Gasteiger charge is -2.24. The van der Waals surface area contributed by atoms with Crippen LogP contribution in [-0.4, -0.2) is 29.2 Å². The summed E-state index contributed by atoms with van der Waals surface area (Å²) in [6.45, 7) is 3.86. The number of ketones is 1. The van der Waals surface area contributed by atoms with Crippen molar-refractivity contribution in [1.82, 2.24) is 4.90 Å². The van der Waals surface area contributed by atoms with Gasteiger partial charge in [-0.05, 0) is 50.5 Å². The lowest BCUT2D eigenvalue weighted by Crippen LogP contribution is -2.36. The average molecular weight is 263 g/mol. The standard InChI is InChI=1S/C15H18FNO2/c1-10-8-12(5-6-14(10)16)15(19)17-7-3-4-13(17)9-11(2)18/h5-6,8,13H,3-4,7,9H2,1-2H3. The molecule has 1 aromatic carbocycles. The first-order valence-electron chi connectivity index (χ1n) is 6.55. The summed E-state index contributed by atoms with van der Waals surface area (Å²) in [5.74, 6) is -0.315. The summed E-state index contributed by atoms with van der Waals surface area (Å²) in [4.78, 5) is 25.4. The molecule has 102 valence electrons. The monoisotopic (exact) mass is 263 g/mol. The van der Waals surface area contributed by atoms with E-state index in [1.165, 1.54) is 12.1 Å². The lowest BCUT2D eigenvalue weighted by atomic mass is 10.1. The maximum atomic E-state index is 13.2. The van der Waals surface area contributed by atoms with Crippen LogP contribution in [0, 0.1) is 12.7 Å². The fourth-order valence-electron chi connectivity index (χ4n) is 2.59. The molecule has 0 N–H and O–H groups in total. The number of rotatable bonds is 3. The Balaban J connectivity index is 2.18. The second kappa shape index (κ2) is 5.51. The van der Waals surface area contributed by atoms with Crippen LogP contribution in [0.2, 0.25) is 0 Å². The second-order valence-electron chi connectivity index (χ2n) is 5.16. The highest BCUT2D eigenvalue weighted by Gasteiger charge is 2.30.